The third-order valence-corrected chi connectivity index (χ3v) is 4.31. The first-order chi connectivity index (χ1) is 13.6. The van der Waals surface area contributed by atoms with Crippen LogP contribution in [0.5, 0.6) is 11.5 Å². The Hall–Kier alpha value is -3.73. The zero-order valence-corrected chi connectivity index (χ0v) is 15.5. The summed E-state index contributed by atoms with van der Waals surface area (Å²) in [6, 6.07) is 19.9. The maximum absolute atomic E-state index is 12.4. The van der Waals surface area contributed by atoms with Crippen LogP contribution in [0, 0.1) is 0 Å². The van der Waals surface area contributed by atoms with Gasteiger partial charge >= 0.3 is 0 Å². The maximum atomic E-state index is 12.4. The van der Waals surface area contributed by atoms with Crippen LogP contribution in [-0.4, -0.2) is 23.2 Å². The molecule has 0 radical (unpaired) electrons. The van der Waals surface area contributed by atoms with Gasteiger partial charge in [0, 0.05) is 18.4 Å². The molecule has 28 heavy (non-hydrogen) atoms. The number of benzene rings is 3. The third-order valence-electron chi connectivity index (χ3n) is 4.31. The molecule has 0 saturated heterocycles. The molecule has 5 nitrogen and oxygen atoms in total. The lowest BCUT2D eigenvalue weighted by atomic mass is 10.1. The normalized spacial score (nSPS) is 10.8. The molecule has 3 aromatic carbocycles. The van der Waals surface area contributed by atoms with Crippen molar-refractivity contribution in [1.82, 2.24) is 0 Å². The van der Waals surface area contributed by atoms with Gasteiger partial charge in [0.2, 0.25) is 5.91 Å². The van der Waals surface area contributed by atoms with Crippen LogP contribution < -0.4 is 10.6 Å². The summed E-state index contributed by atoms with van der Waals surface area (Å²) in [5.74, 6) is -0.653. The second kappa shape index (κ2) is 8.77. The average molecular weight is 374 g/mol. The van der Waals surface area contributed by atoms with Gasteiger partial charge in [-0.25, -0.2) is 0 Å². The lowest BCUT2D eigenvalue weighted by Crippen LogP contribution is -2.15. The second-order valence-electron chi connectivity index (χ2n) is 6.31. The van der Waals surface area contributed by atoms with Crippen molar-refractivity contribution < 1.29 is 15.0 Å². The molecule has 0 bridgehead atoms. The molecule has 4 N–H and O–H groups in total. The molecular formula is C23H22N2O3. The first-order valence-electron chi connectivity index (χ1n) is 8.91. The van der Waals surface area contributed by atoms with Gasteiger partial charge < -0.3 is 20.8 Å². The van der Waals surface area contributed by atoms with Crippen molar-refractivity contribution in [2.24, 2.45) is 0 Å². The predicted octanol–water partition coefficient (Wildman–Crippen LogP) is 4.49. The van der Waals surface area contributed by atoms with Crippen LogP contribution >= 0.6 is 0 Å². The number of carbonyl (C=O) groups excluding carboxylic acids is 1. The summed E-state index contributed by atoms with van der Waals surface area (Å²) in [6.07, 6.45) is 4.04. The highest BCUT2D eigenvalue weighted by atomic mass is 16.3. The Morgan fingerprint density at radius 2 is 1.46 bits per heavy atom. The number of anilines is 2. The molecule has 0 aliphatic heterocycles. The van der Waals surface area contributed by atoms with Crippen LogP contribution in [0.1, 0.15) is 16.7 Å². The quantitative estimate of drug-likeness (QED) is 0.378. The van der Waals surface area contributed by atoms with Gasteiger partial charge in [-0.3, -0.25) is 4.79 Å². The summed E-state index contributed by atoms with van der Waals surface area (Å²) in [5.41, 5.74) is 4.27. The smallest absolute Gasteiger partial charge is 0.228 e. The molecule has 0 heterocycles. The van der Waals surface area contributed by atoms with Crippen molar-refractivity contribution in [3.05, 3.63) is 83.4 Å². The Morgan fingerprint density at radius 1 is 0.857 bits per heavy atom. The number of nitrogens with one attached hydrogen (secondary N) is 2. The van der Waals surface area contributed by atoms with E-state index in [-0.39, 0.29) is 23.8 Å². The van der Waals surface area contributed by atoms with E-state index in [9.17, 15) is 15.0 Å². The molecule has 0 unspecified atom stereocenters. The molecule has 0 spiro atoms. The number of hydrogen-bond acceptors (Lipinski definition) is 4. The van der Waals surface area contributed by atoms with E-state index in [1.807, 2.05) is 67.7 Å². The molecule has 0 saturated carbocycles. The zero-order chi connectivity index (χ0) is 19.9. The minimum Gasteiger partial charge on any atom is -0.504 e. The van der Waals surface area contributed by atoms with Crippen LogP contribution in [-0.2, 0) is 11.2 Å². The van der Waals surface area contributed by atoms with Crippen molar-refractivity contribution >= 4 is 29.4 Å². The fraction of sp³-hybridized carbons (Fsp3) is 0.0870. The molecule has 142 valence electrons. The van der Waals surface area contributed by atoms with Gasteiger partial charge in [0.15, 0.2) is 11.5 Å². The monoisotopic (exact) mass is 374 g/mol. The summed E-state index contributed by atoms with van der Waals surface area (Å²) in [4.78, 5) is 12.4. The van der Waals surface area contributed by atoms with Gasteiger partial charge in [0.25, 0.3) is 0 Å². The lowest BCUT2D eigenvalue weighted by Gasteiger charge is -2.10. The van der Waals surface area contributed by atoms with Crippen molar-refractivity contribution in [3.63, 3.8) is 0 Å². The summed E-state index contributed by atoms with van der Waals surface area (Å²) >= 11 is 0. The van der Waals surface area contributed by atoms with Gasteiger partial charge in [-0.15, -0.1) is 0 Å². The SMILES string of the molecule is CNc1ccccc1/C=C/c1ccccc1NC(=O)Cc1ccc(O)c(O)c1. The number of phenolic OH excluding ortho intramolecular Hbond substituents is 2. The van der Waals surface area contributed by atoms with E-state index in [0.717, 1.165) is 16.8 Å². The Bertz CT molecular complexity index is 1010. The van der Waals surface area contributed by atoms with Gasteiger partial charge in [-0.2, -0.15) is 0 Å². The Labute approximate surface area is 164 Å². The largest absolute Gasteiger partial charge is 0.504 e. The Kier molecular flexibility index (Phi) is 5.97. The molecular weight excluding hydrogens is 352 g/mol. The van der Waals surface area contributed by atoms with Crippen LogP contribution in [0.25, 0.3) is 12.2 Å². The van der Waals surface area contributed by atoms with E-state index in [0.29, 0.717) is 11.3 Å². The van der Waals surface area contributed by atoms with E-state index in [4.69, 9.17) is 0 Å². The third kappa shape index (κ3) is 4.71. The highest BCUT2D eigenvalue weighted by Gasteiger charge is 2.08. The number of aromatic hydroxyl groups is 2. The molecule has 0 aromatic heterocycles. The summed E-state index contributed by atoms with van der Waals surface area (Å²) in [6.45, 7) is 0. The van der Waals surface area contributed by atoms with Gasteiger partial charge in [0.1, 0.15) is 0 Å². The topological polar surface area (TPSA) is 81.6 Å². The molecule has 5 heteroatoms. The van der Waals surface area contributed by atoms with E-state index in [2.05, 4.69) is 10.6 Å². The highest BCUT2D eigenvalue weighted by Crippen LogP contribution is 2.26. The summed E-state index contributed by atoms with van der Waals surface area (Å²) < 4.78 is 0. The molecule has 0 aliphatic rings. The summed E-state index contributed by atoms with van der Waals surface area (Å²) in [7, 11) is 1.88. The zero-order valence-electron chi connectivity index (χ0n) is 15.5. The number of rotatable bonds is 6. The molecule has 3 rings (SSSR count). The fourth-order valence-corrected chi connectivity index (χ4v) is 2.86. The Morgan fingerprint density at radius 3 is 2.11 bits per heavy atom. The molecule has 0 fully saturated rings. The summed E-state index contributed by atoms with van der Waals surface area (Å²) in [5, 5.41) is 25.0. The molecule has 1 amide bonds. The molecule has 0 aliphatic carbocycles. The van der Waals surface area contributed by atoms with Crippen molar-refractivity contribution in [3.8, 4) is 11.5 Å². The van der Waals surface area contributed by atoms with E-state index in [1.54, 1.807) is 6.07 Å². The number of hydrogen-bond donors (Lipinski definition) is 4. The second-order valence-corrected chi connectivity index (χ2v) is 6.31. The van der Waals surface area contributed by atoms with Crippen LogP contribution in [0.15, 0.2) is 66.7 Å². The first kappa shape index (κ1) is 19.0. The maximum Gasteiger partial charge on any atom is 0.228 e. The van der Waals surface area contributed by atoms with Gasteiger partial charge in [-0.05, 0) is 41.0 Å². The van der Waals surface area contributed by atoms with Crippen molar-refractivity contribution in [2.75, 3.05) is 17.7 Å². The standard InChI is InChI=1S/C23H22N2O3/c1-24-19-8-4-2-6-17(19)11-12-18-7-3-5-9-20(18)25-23(28)15-16-10-13-21(26)22(27)14-16/h2-14,24,26-27H,15H2,1H3,(H,25,28)/b12-11+. The van der Waals surface area contributed by atoms with Crippen LogP contribution in [0.4, 0.5) is 11.4 Å². The molecule has 0 atom stereocenters. The van der Waals surface area contributed by atoms with E-state index in [1.165, 1.54) is 12.1 Å². The van der Waals surface area contributed by atoms with Crippen LogP contribution in [0.2, 0.25) is 0 Å². The van der Waals surface area contributed by atoms with Crippen molar-refractivity contribution in [1.29, 1.82) is 0 Å². The molecule has 3 aromatic rings. The van der Waals surface area contributed by atoms with Gasteiger partial charge in [0.05, 0.1) is 6.42 Å². The number of carbonyl (C=O) groups is 1. The van der Waals surface area contributed by atoms with Gasteiger partial charge in [-0.1, -0.05) is 54.6 Å². The minimum absolute atomic E-state index is 0.0917. The highest BCUT2D eigenvalue weighted by molar-refractivity contribution is 5.95. The number of phenols is 2. The average Bonchev–Trinajstić information content (AvgIpc) is 2.70. The Balaban J connectivity index is 1.75. The number of para-hydroxylation sites is 2. The first-order valence-corrected chi connectivity index (χ1v) is 8.91. The predicted molar refractivity (Wildman–Crippen MR) is 113 cm³/mol. The lowest BCUT2D eigenvalue weighted by molar-refractivity contribution is -0.115. The van der Waals surface area contributed by atoms with E-state index < -0.39 is 0 Å². The minimum atomic E-state index is -0.239. The van der Waals surface area contributed by atoms with E-state index >= 15 is 0 Å². The number of amides is 1. The van der Waals surface area contributed by atoms with Crippen molar-refractivity contribution in [2.45, 2.75) is 6.42 Å². The fourth-order valence-electron chi connectivity index (χ4n) is 2.86. The van der Waals surface area contributed by atoms with Crippen LogP contribution in [0.3, 0.4) is 0 Å².